The van der Waals surface area contributed by atoms with Gasteiger partial charge >= 0.3 is 0 Å². The van der Waals surface area contributed by atoms with Gasteiger partial charge in [-0.05, 0) is 24.7 Å². The quantitative estimate of drug-likeness (QED) is 0.843. The topological polar surface area (TPSA) is 19.0 Å². The highest BCUT2D eigenvalue weighted by Gasteiger charge is 2.22. The number of hydrogen-bond acceptors (Lipinski definition) is 4. The van der Waals surface area contributed by atoms with Crippen LogP contribution < -0.4 is 4.90 Å². The molecule has 2 aliphatic heterocycles. The van der Waals surface area contributed by atoms with Crippen molar-refractivity contribution in [2.24, 2.45) is 0 Å². The first kappa shape index (κ1) is 15.6. The molecule has 1 aromatic rings. The Labute approximate surface area is 130 Å². The number of anilines is 1. The molecule has 0 N–H and O–H groups in total. The predicted molar refractivity (Wildman–Crippen MR) is 82.2 cm³/mol. The molecule has 2 heterocycles. The van der Waals surface area contributed by atoms with Crippen LogP contribution in [0.15, 0.2) is 12.1 Å². The van der Waals surface area contributed by atoms with Crippen molar-refractivity contribution in [3.05, 3.63) is 29.3 Å². The Balaban J connectivity index is 1.73. The first-order chi connectivity index (χ1) is 10.6. The van der Waals surface area contributed by atoms with Crippen molar-refractivity contribution in [1.82, 2.24) is 9.80 Å². The number of halogens is 2. The number of nitrogens with zero attached hydrogens (tertiary/aromatic N) is 3. The third kappa shape index (κ3) is 3.56. The van der Waals surface area contributed by atoms with Gasteiger partial charge in [0, 0.05) is 45.8 Å². The number of likely N-dealkylation sites (N-methyl/N-ethyl adjacent to an activating group) is 1. The summed E-state index contributed by atoms with van der Waals surface area (Å²) in [6.07, 6.45) is 0. The van der Waals surface area contributed by atoms with Crippen LogP contribution in [0.25, 0.3) is 0 Å². The molecule has 22 heavy (non-hydrogen) atoms. The normalized spacial score (nSPS) is 21.3. The summed E-state index contributed by atoms with van der Waals surface area (Å²) < 4.78 is 34.1. The van der Waals surface area contributed by atoms with E-state index >= 15 is 0 Å². The fourth-order valence-electron chi connectivity index (χ4n) is 3.06. The molecular formula is C16H23F2N3O. The second-order valence-corrected chi connectivity index (χ2v) is 6.09. The van der Waals surface area contributed by atoms with E-state index in [2.05, 4.69) is 9.80 Å². The predicted octanol–water partition coefficient (Wildman–Crippen LogP) is 1.55. The van der Waals surface area contributed by atoms with Crippen molar-refractivity contribution in [2.45, 2.75) is 6.54 Å². The van der Waals surface area contributed by atoms with Gasteiger partial charge in [0.15, 0.2) is 0 Å². The molecular weight excluding hydrogens is 288 g/mol. The van der Waals surface area contributed by atoms with Gasteiger partial charge in [0.05, 0.1) is 13.2 Å². The minimum atomic E-state index is -0.451. The lowest BCUT2D eigenvalue weighted by atomic mass is 10.1. The molecule has 0 bridgehead atoms. The number of morpholine rings is 1. The van der Waals surface area contributed by atoms with Crippen LogP contribution in [0.3, 0.4) is 0 Å². The van der Waals surface area contributed by atoms with Crippen LogP contribution in [0, 0.1) is 11.6 Å². The summed E-state index contributed by atoms with van der Waals surface area (Å²) in [6.45, 7) is 6.53. The van der Waals surface area contributed by atoms with Crippen molar-refractivity contribution in [2.75, 3.05) is 64.4 Å². The zero-order valence-corrected chi connectivity index (χ0v) is 13.0. The van der Waals surface area contributed by atoms with Crippen LogP contribution in [0.2, 0.25) is 0 Å². The highest BCUT2D eigenvalue weighted by atomic mass is 19.1. The maximum absolute atomic E-state index is 14.4. The lowest BCUT2D eigenvalue weighted by Gasteiger charge is -2.34. The van der Waals surface area contributed by atoms with E-state index in [4.69, 9.17) is 4.74 Å². The van der Waals surface area contributed by atoms with Crippen molar-refractivity contribution in [1.29, 1.82) is 0 Å². The van der Waals surface area contributed by atoms with E-state index in [0.717, 1.165) is 26.2 Å². The third-order valence-corrected chi connectivity index (χ3v) is 4.41. The standard InChI is InChI=1S/C16H23F2N3O/c1-19-2-4-21(5-3-19)16-14(17)10-13(11-15(16)18)12-20-6-8-22-9-7-20/h10-11H,2-9,12H2,1H3. The molecule has 0 unspecified atom stereocenters. The summed E-state index contributed by atoms with van der Waals surface area (Å²) in [5, 5.41) is 0. The summed E-state index contributed by atoms with van der Waals surface area (Å²) in [7, 11) is 2.02. The first-order valence-electron chi connectivity index (χ1n) is 7.85. The van der Waals surface area contributed by atoms with Crippen LogP contribution in [-0.2, 0) is 11.3 Å². The Morgan fingerprint density at radius 2 is 1.55 bits per heavy atom. The zero-order valence-electron chi connectivity index (χ0n) is 13.0. The van der Waals surface area contributed by atoms with Gasteiger partial charge in [0.1, 0.15) is 17.3 Å². The summed E-state index contributed by atoms with van der Waals surface area (Å²) in [5.74, 6) is -0.902. The lowest BCUT2D eigenvalue weighted by molar-refractivity contribution is 0.0341. The van der Waals surface area contributed by atoms with Crippen molar-refractivity contribution in [3.63, 3.8) is 0 Å². The zero-order chi connectivity index (χ0) is 15.5. The fraction of sp³-hybridized carbons (Fsp3) is 0.625. The summed E-state index contributed by atoms with van der Waals surface area (Å²) in [5.41, 5.74) is 0.814. The van der Waals surface area contributed by atoms with E-state index in [1.165, 1.54) is 12.1 Å². The van der Waals surface area contributed by atoms with Gasteiger partial charge in [-0.1, -0.05) is 0 Å². The molecule has 0 aromatic heterocycles. The van der Waals surface area contributed by atoms with Crippen LogP contribution in [0.5, 0.6) is 0 Å². The number of piperazine rings is 1. The van der Waals surface area contributed by atoms with Gasteiger partial charge < -0.3 is 14.5 Å². The van der Waals surface area contributed by atoms with E-state index in [0.29, 0.717) is 38.4 Å². The van der Waals surface area contributed by atoms with Gasteiger partial charge in [0.2, 0.25) is 0 Å². The molecule has 2 aliphatic rings. The second kappa shape index (κ2) is 6.89. The molecule has 0 radical (unpaired) electrons. The van der Waals surface area contributed by atoms with E-state index in [1.54, 1.807) is 0 Å². The second-order valence-electron chi connectivity index (χ2n) is 6.09. The monoisotopic (exact) mass is 311 g/mol. The molecule has 1 aromatic carbocycles. The molecule has 0 atom stereocenters. The number of ether oxygens (including phenoxy) is 1. The Morgan fingerprint density at radius 3 is 2.14 bits per heavy atom. The lowest BCUT2D eigenvalue weighted by Crippen LogP contribution is -2.45. The third-order valence-electron chi connectivity index (χ3n) is 4.41. The van der Waals surface area contributed by atoms with Gasteiger partial charge in [-0.25, -0.2) is 8.78 Å². The Bertz CT molecular complexity index is 489. The average Bonchev–Trinajstić information content (AvgIpc) is 2.49. The average molecular weight is 311 g/mol. The van der Waals surface area contributed by atoms with E-state index in [-0.39, 0.29) is 5.69 Å². The maximum Gasteiger partial charge on any atom is 0.149 e. The van der Waals surface area contributed by atoms with Crippen LogP contribution in [0.1, 0.15) is 5.56 Å². The molecule has 122 valence electrons. The smallest absolute Gasteiger partial charge is 0.149 e. The molecule has 2 fully saturated rings. The molecule has 0 saturated carbocycles. The van der Waals surface area contributed by atoms with Crippen LogP contribution in [-0.4, -0.2) is 69.3 Å². The SMILES string of the molecule is CN1CCN(c2c(F)cc(CN3CCOCC3)cc2F)CC1. The number of hydrogen-bond donors (Lipinski definition) is 0. The Hall–Kier alpha value is -1.24. The first-order valence-corrected chi connectivity index (χ1v) is 7.85. The number of benzene rings is 1. The molecule has 0 amide bonds. The molecule has 3 rings (SSSR count). The summed E-state index contributed by atoms with van der Waals surface area (Å²) in [4.78, 5) is 6.13. The molecule has 0 spiro atoms. The van der Waals surface area contributed by atoms with Crippen molar-refractivity contribution < 1.29 is 13.5 Å². The van der Waals surface area contributed by atoms with Crippen molar-refractivity contribution >= 4 is 5.69 Å². The largest absolute Gasteiger partial charge is 0.379 e. The van der Waals surface area contributed by atoms with Crippen LogP contribution >= 0.6 is 0 Å². The van der Waals surface area contributed by atoms with E-state index in [1.807, 2.05) is 11.9 Å². The van der Waals surface area contributed by atoms with Gasteiger partial charge in [-0.3, -0.25) is 4.90 Å². The van der Waals surface area contributed by atoms with E-state index in [9.17, 15) is 8.78 Å². The van der Waals surface area contributed by atoms with Gasteiger partial charge in [-0.15, -0.1) is 0 Å². The Kier molecular flexibility index (Phi) is 4.90. The molecule has 6 heteroatoms. The number of rotatable bonds is 3. The minimum absolute atomic E-state index is 0.124. The highest BCUT2D eigenvalue weighted by Crippen LogP contribution is 2.26. The maximum atomic E-state index is 14.4. The highest BCUT2D eigenvalue weighted by molar-refractivity contribution is 5.51. The van der Waals surface area contributed by atoms with Crippen LogP contribution in [0.4, 0.5) is 14.5 Å². The van der Waals surface area contributed by atoms with Gasteiger partial charge in [-0.2, -0.15) is 0 Å². The Morgan fingerprint density at radius 1 is 0.955 bits per heavy atom. The van der Waals surface area contributed by atoms with Crippen molar-refractivity contribution in [3.8, 4) is 0 Å². The fourth-order valence-corrected chi connectivity index (χ4v) is 3.06. The molecule has 0 aliphatic carbocycles. The van der Waals surface area contributed by atoms with Gasteiger partial charge in [0.25, 0.3) is 0 Å². The summed E-state index contributed by atoms with van der Waals surface area (Å²) >= 11 is 0. The molecule has 2 saturated heterocycles. The van der Waals surface area contributed by atoms with E-state index < -0.39 is 11.6 Å². The summed E-state index contributed by atoms with van der Waals surface area (Å²) in [6, 6.07) is 2.96. The minimum Gasteiger partial charge on any atom is -0.379 e. The molecule has 4 nitrogen and oxygen atoms in total.